The van der Waals surface area contributed by atoms with E-state index >= 15 is 0 Å². The Hall–Kier alpha value is -4.63. The number of hydrogen-bond acceptors (Lipinski definition) is 7. The van der Waals surface area contributed by atoms with Gasteiger partial charge in [-0.05, 0) is 49.4 Å². The highest BCUT2D eigenvalue weighted by atomic mass is 16.6. The quantitative estimate of drug-likeness (QED) is 0.273. The molecule has 0 radical (unpaired) electrons. The second-order valence-corrected chi connectivity index (χ2v) is 13.1. The standard InChI is InChI=1S/C36H39N3O6/c1-35(2,3)45-34(43)38-27(18-22-12-6-4-7-13-22)28(40)20-36(19-23-14-8-5-9-15-23)32(41)26(21-37-36)29-24-16-10-11-17-25(24)30-31(29)44-33(42)39-30/h4-17,21,27-31,37,40H,18-20H2,1-3H3,(H,38,43)(H,39,42)/t27-,28-,29?,30+,31?,36-/m0/s1. The number of alkyl carbamates (subject to hydrolysis) is 2. The van der Waals surface area contributed by atoms with E-state index in [0.717, 1.165) is 22.3 Å². The Morgan fingerprint density at radius 2 is 1.58 bits per heavy atom. The molecule has 0 bridgehead atoms. The molecule has 3 aliphatic rings. The lowest BCUT2D eigenvalue weighted by molar-refractivity contribution is -0.122. The van der Waals surface area contributed by atoms with Gasteiger partial charge >= 0.3 is 12.2 Å². The third kappa shape index (κ3) is 6.31. The lowest BCUT2D eigenvalue weighted by atomic mass is 9.76. The summed E-state index contributed by atoms with van der Waals surface area (Å²) in [5.41, 5.74) is 2.24. The number of benzene rings is 3. The molecular weight excluding hydrogens is 570 g/mol. The van der Waals surface area contributed by atoms with Crippen LogP contribution in [0.3, 0.4) is 0 Å². The third-order valence-corrected chi connectivity index (χ3v) is 8.75. The number of Topliss-reactive ketones (excluding diaryl/α,β-unsaturated/α-hetero) is 1. The molecular formula is C36H39N3O6. The first kappa shape index (κ1) is 30.4. The second-order valence-electron chi connectivity index (χ2n) is 13.1. The van der Waals surface area contributed by atoms with Crippen molar-refractivity contribution in [2.24, 2.45) is 0 Å². The maximum atomic E-state index is 14.7. The maximum absolute atomic E-state index is 14.7. The van der Waals surface area contributed by atoms with Gasteiger partial charge in [-0.25, -0.2) is 9.59 Å². The van der Waals surface area contributed by atoms with Crippen molar-refractivity contribution >= 4 is 18.0 Å². The number of aliphatic hydroxyl groups is 1. The molecule has 234 valence electrons. The van der Waals surface area contributed by atoms with Gasteiger partial charge in [0.15, 0.2) is 5.78 Å². The van der Waals surface area contributed by atoms with Crippen LogP contribution in [-0.2, 0) is 27.1 Å². The average Bonchev–Trinajstić information content (AvgIpc) is 3.62. The Morgan fingerprint density at radius 1 is 0.956 bits per heavy atom. The zero-order valence-corrected chi connectivity index (χ0v) is 25.7. The van der Waals surface area contributed by atoms with Gasteiger partial charge in [-0.2, -0.15) is 0 Å². The first-order valence-corrected chi connectivity index (χ1v) is 15.4. The normalized spacial score (nSPS) is 24.8. The van der Waals surface area contributed by atoms with Crippen molar-refractivity contribution < 1.29 is 29.0 Å². The number of fused-ring (bicyclic) bond motifs is 3. The Morgan fingerprint density at radius 3 is 2.24 bits per heavy atom. The Balaban J connectivity index is 1.32. The van der Waals surface area contributed by atoms with Crippen LogP contribution in [0.4, 0.5) is 9.59 Å². The van der Waals surface area contributed by atoms with Crippen LogP contribution in [0.2, 0.25) is 0 Å². The molecule has 3 aromatic rings. The molecule has 1 aliphatic carbocycles. The molecule has 9 nitrogen and oxygen atoms in total. The number of hydrogen-bond donors (Lipinski definition) is 4. The molecule has 2 amide bonds. The molecule has 0 spiro atoms. The van der Waals surface area contributed by atoms with Crippen molar-refractivity contribution in [3.05, 3.63) is 119 Å². The maximum Gasteiger partial charge on any atom is 0.408 e. The van der Waals surface area contributed by atoms with Crippen LogP contribution < -0.4 is 16.0 Å². The molecule has 6 atom stereocenters. The summed E-state index contributed by atoms with van der Waals surface area (Å²) < 4.78 is 11.2. The average molecular weight is 610 g/mol. The van der Waals surface area contributed by atoms with E-state index in [0.29, 0.717) is 18.4 Å². The topological polar surface area (TPSA) is 126 Å². The molecule has 4 N–H and O–H groups in total. The number of nitrogens with one attached hydrogen (secondary N) is 3. The number of rotatable bonds is 9. The summed E-state index contributed by atoms with van der Waals surface area (Å²) in [6, 6.07) is 25.9. The first-order chi connectivity index (χ1) is 21.5. The number of aliphatic hydroxyl groups excluding tert-OH is 1. The minimum absolute atomic E-state index is 0.00846. The van der Waals surface area contributed by atoms with Gasteiger partial charge in [0.2, 0.25) is 0 Å². The largest absolute Gasteiger partial charge is 0.444 e. The number of carbonyl (C=O) groups excluding carboxylic acids is 3. The van der Waals surface area contributed by atoms with Gasteiger partial charge in [-0.1, -0.05) is 84.9 Å². The van der Waals surface area contributed by atoms with Crippen molar-refractivity contribution in [3.8, 4) is 0 Å². The summed E-state index contributed by atoms with van der Waals surface area (Å²) in [6.07, 6.45) is -0.479. The Labute approximate surface area is 263 Å². The minimum Gasteiger partial charge on any atom is -0.444 e. The summed E-state index contributed by atoms with van der Waals surface area (Å²) in [6.45, 7) is 5.34. The van der Waals surface area contributed by atoms with Gasteiger partial charge in [-0.3, -0.25) is 4.79 Å². The van der Waals surface area contributed by atoms with E-state index < -0.39 is 47.5 Å². The fourth-order valence-corrected chi connectivity index (χ4v) is 6.81. The van der Waals surface area contributed by atoms with Crippen LogP contribution in [-0.4, -0.2) is 52.5 Å². The van der Waals surface area contributed by atoms with Crippen molar-refractivity contribution in [2.45, 2.75) is 81.4 Å². The summed E-state index contributed by atoms with van der Waals surface area (Å²) in [4.78, 5) is 39.9. The van der Waals surface area contributed by atoms with Gasteiger partial charge in [0, 0.05) is 24.6 Å². The van der Waals surface area contributed by atoms with Crippen LogP contribution in [0.1, 0.15) is 61.4 Å². The van der Waals surface area contributed by atoms with Crippen molar-refractivity contribution in [2.75, 3.05) is 0 Å². The predicted molar refractivity (Wildman–Crippen MR) is 168 cm³/mol. The molecule has 9 heteroatoms. The van der Waals surface area contributed by atoms with E-state index in [2.05, 4.69) is 16.0 Å². The van der Waals surface area contributed by atoms with Gasteiger partial charge < -0.3 is 30.5 Å². The number of ketones is 1. The third-order valence-electron chi connectivity index (χ3n) is 8.75. The molecule has 1 fully saturated rings. The molecule has 2 heterocycles. The predicted octanol–water partition coefficient (Wildman–Crippen LogP) is 4.86. The summed E-state index contributed by atoms with van der Waals surface area (Å²) in [7, 11) is 0. The fourth-order valence-electron chi connectivity index (χ4n) is 6.81. The Bertz CT molecular complexity index is 1600. The second kappa shape index (κ2) is 12.0. The fraction of sp³-hybridized carbons (Fsp3) is 0.361. The van der Waals surface area contributed by atoms with Crippen LogP contribution in [0.15, 0.2) is 96.7 Å². The minimum atomic E-state index is -1.22. The van der Waals surface area contributed by atoms with Crippen LogP contribution >= 0.6 is 0 Å². The van der Waals surface area contributed by atoms with E-state index in [4.69, 9.17) is 9.47 Å². The number of amides is 2. The van der Waals surface area contributed by atoms with Crippen LogP contribution in [0, 0.1) is 0 Å². The zero-order valence-electron chi connectivity index (χ0n) is 25.7. The zero-order chi connectivity index (χ0) is 31.8. The van der Waals surface area contributed by atoms with E-state index in [1.54, 1.807) is 27.0 Å². The van der Waals surface area contributed by atoms with E-state index in [1.165, 1.54) is 0 Å². The molecule has 1 saturated heterocycles. The summed E-state index contributed by atoms with van der Waals surface area (Å²) >= 11 is 0. The van der Waals surface area contributed by atoms with Gasteiger partial charge in [0.25, 0.3) is 0 Å². The van der Waals surface area contributed by atoms with E-state index in [9.17, 15) is 19.5 Å². The molecule has 0 saturated carbocycles. The summed E-state index contributed by atoms with van der Waals surface area (Å²) in [5, 5.41) is 21.0. The van der Waals surface area contributed by atoms with E-state index in [1.807, 2.05) is 84.9 Å². The molecule has 6 rings (SSSR count). The highest BCUT2D eigenvalue weighted by Gasteiger charge is 2.55. The van der Waals surface area contributed by atoms with Crippen LogP contribution in [0.25, 0.3) is 0 Å². The van der Waals surface area contributed by atoms with Crippen molar-refractivity contribution in [1.29, 1.82) is 0 Å². The molecule has 2 unspecified atom stereocenters. The number of carbonyl (C=O) groups is 3. The van der Waals surface area contributed by atoms with Crippen molar-refractivity contribution in [1.82, 2.24) is 16.0 Å². The highest BCUT2D eigenvalue weighted by Crippen LogP contribution is 2.50. The molecule has 3 aromatic carbocycles. The summed E-state index contributed by atoms with van der Waals surface area (Å²) in [5.74, 6) is -0.649. The molecule has 2 aliphatic heterocycles. The first-order valence-electron chi connectivity index (χ1n) is 15.4. The number of ether oxygens (including phenoxy) is 2. The van der Waals surface area contributed by atoms with Gasteiger partial charge in [0.05, 0.1) is 24.1 Å². The van der Waals surface area contributed by atoms with Gasteiger partial charge in [-0.15, -0.1) is 0 Å². The molecule has 45 heavy (non-hydrogen) atoms. The van der Waals surface area contributed by atoms with Gasteiger partial charge in [0.1, 0.15) is 17.2 Å². The van der Waals surface area contributed by atoms with E-state index in [-0.39, 0.29) is 18.2 Å². The van der Waals surface area contributed by atoms with Crippen LogP contribution in [0.5, 0.6) is 0 Å². The monoisotopic (exact) mass is 609 g/mol. The lowest BCUT2D eigenvalue weighted by Crippen LogP contribution is -2.55. The van der Waals surface area contributed by atoms with Crippen molar-refractivity contribution in [3.63, 3.8) is 0 Å². The lowest BCUT2D eigenvalue weighted by Gasteiger charge is -2.35. The Kier molecular flexibility index (Phi) is 8.14. The highest BCUT2D eigenvalue weighted by molar-refractivity contribution is 6.07. The SMILES string of the molecule is CC(C)(C)OC(=O)N[C@@H](Cc1ccccc1)[C@@H](O)C[C@]1(Cc2ccccc2)NC=C(C2c3ccccc3[C@H]3NC(=O)OC23)C1=O. The molecule has 0 aromatic heterocycles. The smallest absolute Gasteiger partial charge is 0.408 e.